The smallest absolute Gasteiger partial charge is 0.277 e. The molecule has 0 amide bonds. The molecule has 0 aromatic heterocycles. The third-order valence-electron chi connectivity index (χ3n) is 0.137. The zero-order valence-corrected chi connectivity index (χ0v) is 4.77. The maximum Gasteiger partial charge on any atom is 0.498 e. The summed E-state index contributed by atoms with van der Waals surface area (Å²) in [4.78, 5) is 0. The van der Waals surface area contributed by atoms with Crippen molar-refractivity contribution < 1.29 is 16.5 Å². The van der Waals surface area contributed by atoms with Crippen LogP contribution in [-0.4, -0.2) is 27.3 Å². The molecule has 0 unspecified atom stereocenters. The van der Waals surface area contributed by atoms with E-state index in [2.05, 4.69) is 4.18 Å². The third kappa shape index (κ3) is 9.24. The average Bonchev–Trinajstić information content (AvgIpc) is 1.30. The fourth-order valence-electron chi connectivity index (χ4n) is 0.0445. The first-order valence-corrected chi connectivity index (χ1v) is 2.39. The van der Waals surface area contributed by atoms with Gasteiger partial charge in [0.1, 0.15) is 0 Å². The van der Waals surface area contributed by atoms with Gasteiger partial charge < -0.3 is 0 Å². The van der Waals surface area contributed by atoms with Crippen LogP contribution < -0.4 is 0 Å². The molecule has 0 heterocycles. The molecule has 0 aliphatic heterocycles. The van der Waals surface area contributed by atoms with Crippen molar-refractivity contribution in [3.05, 3.63) is 0 Å². The van der Waals surface area contributed by atoms with Gasteiger partial charge in [0.05, 0.1) is 0 Å². The first kappa shape index (κ1) is 10.7. The van der Waals surface area contributed by atoms with Gasteiger partial charge in [-0.15, -0.1) is 5.26 Å². The second-order valence-electron chi connectivity index (χ2n) is 0.568. The predicted octanol–water partition coefficient (Wildman–Crippen LogP) is -0.682. The van der Waals surface area contributed by atoms with Gasteiger partial charge in [0.15, 0.2) is 0 Å². The fourth-order valence-corrected chi connectivity index (χ4v) is 0.134. The summed E-state index contributed by atoms with van der Waals surface area (Å²) in [6, 6.07) is 0. The molecule has 0 aliphatic carbocycles. The van der Waals surface area contributed by atoms with Crippen LogP contribution in [0.5, 0.6) is 0 Å². The summed E-state index contributed by atoms with van der Waals surface area (Å²) in [5.74, 6) is 0. The van der Waals surface area contributed by atoms with E-state index in [9.17, 15) is 3.89 Å². The number of nitriles is 1. The maximum absolute atomic E-state index is 10.9. The van der Waals surface area contributed by atoms with Gasteiger partial charge >= 0.3 is 16.8 Å². The molecule has 0 N–H and O–H groups in total. The van der Waals surface area contributed by atoms with Crippen LogP contribution in [0.15, 0.2) is 0 Å². The molecule has 0 bridgehead atoms. The number of hydrogen-bond acceptors (Lipinski definition) is 4. The van der Waals surface area contributed by atoms with E-state index >= 15 is 0 Å². The Morgan fingerprint density at radius 1 is 1.62 bits per heavy atom. The molecule has 0 saturated heterocycles. The molecule has 0 aliphatic rings. The van der Waals surface area contributed by atoms with Crippen LogP contribution in [0.1, 0.15) is 0 Å². The molecule has 0 rings (SSSR count). The van der Waals surface area contributed by atoms with Crippen LogP contribution >= 0.6 is 0 Å². The van der Waals surface area contributed by atoms with Crippen molar-refractivity contribution >= 4 is 29.4 Å². The number of hydrogen-bond donors (Lipinski definition) is 0. The molecule has 1 radical (unpaired) electrons. The van der Waals surface area contributed by atoms with Crippen molar-refractivity contribution in [3.8, 4) is 6.26 Å². The van der Waals surface area contributed by atoms with Gasteiger partial charge in [-0.05, 0) is 0 Å². The first-order chi connectivity index (χ1) is 3.06. The van der Waals surface area contributed by atoms with Gasteiger partial charge in [0.25, 0.3) is 0 Å². The number of nitrogens with zero attached hydrogens (tertiary/aromatic N) is 1. The van der Waals surface area contributed by atoms with Crippen LogP contribution in [0, 0.1) is 11.5 Å². The Kier molecular flexibility index (Phi) is 4.99. The van der Waals surface area contributed by atoms with E-state index in [1.165, 1.54) is 0 Å². The van der Waals surface area contributed by atoms with Gasteiger partial charge in [0.2, 0.25) is 0 Å². The van der Waals surface area contributed by atoms with Gasteiger partial charge in [0, 0.05) is 18.9 Å². The normalized spacial score (nSPS) is 8.50. The van der Waals surface area contributed by atoms with Crippen LogP contribution in [0.3, 0.4) is 0 Å². The molecule has 0 aromatic rings. The largest absolute Gasteiger partial charge is 0.498 e. The summed E-state index contributed by atoms with van der Waals surface area (Å²) >= 11 is 0. The minimum Gasteiger partial charge on any atom is -0.277 e. The van der Waals surface area contributed by atoms with Crippen molar-refractivity contribution in [1.82, 2.24) is 0 Å². The van der Waals surface area contributed by atoms with E-state index in [1.807, 2.05) is 0 Å². The standard InChI is InChI=1S/CFNO3S.Li/c2-7(4,5)6-1-3;. The monoisotopic (exact) mass is 132 g/mol. The van der Waals surface area contributed by atoms with E-state index < -0.39 is 10.5 Å². The zero-order chi connectivity index (χ0) is 5.91. The second-order valence-corrected chi connectivity index (χ2v) is 1.52. The summed E-state index contributed by atoms with van der Waals surface area (Å²) in [6.07, 6.45) is 0.645. The van der Waals surface area contributed by atoms with Crippen molar-refractivity contribution in [1.29, 1.82) is 5.26 Å². The summed E-state index contributed by atoms with van der Waals surface area (Å²) in [5, 5.41) is 7.31. The topological polar surface area (TPSA) is 67.2 Å². The van der Waals surface area contributed by atoms with Gasteiger partial charge in [-0.1, -0.05) is 3.89 Å². The van der Waals surface area contributed by atoms with Crippen LogP contribution in [0.4, 0.5) is 3.89 Å². The SMILES string of the molecule is N#COS(=O)(=O)F.[Li]. The summed E-state index contributed by atoms with van der Waals surface area (Å²) in [6.45, 7) is 0. The molecule has 41 valence electrons. The minimum atomic E-state index is -5.04. The maximum atomic E-state index is 10.9. The van der Waals surface area contributed by atoms with E-state index in [1.54, 1.807) is 0 Å². The van der Waals surface area contributed by atoms with Crippen molar-refractivity contribution in [2.75, 3.05) is 0 Å². The zero-order valence-electron chi connectivity index (χ0n) is 3.96. The van der Waals surface area contributed by atoms with Crippen molar-refractivity contribution in [2.45, 2.75) is 0 Å². The Morgan fingerprint density at radius 2 is 2.00 bits per heavy atom. The quantitative estimate of drug-likeness (QED) is 0.269. The Bertz CT molecular complexity index is 180. The molecule has 0 fully saturated rings. The molecule has 0 aromatic carbocycles. The molecular formula is CFLiNO3S. The van der Waals surface area contributed by atoms with Gasteiger partial charge in [-0.3, -0.25) is 4.18 Å². The summed E-state index contributed by atoms with van der Waals surface area (Å²) in [5.41, 5.74) is 0. The van der Waals surface area contributed by atoms with Gasteiger partial charge in [-0.25, -0.2) is 0 Å². The molecule has 7 heteroatoms. The average molecular weight is 132 g/mol. The summed E-state index contributed by atoms with van der Waals surface area (Å²) in [7, 11) is -5.04. The molecule has 0 atom stereocenters. The Labute approximate surface area is 57.8 Å². The van der Waals surface area contributed by atoms with Crippen LogP contribution in [0.2, 0.25) is 0 Å². The molecule has 0 spiro atoms. The number of halogens is 1. The molecule has 4 nitrogen and oxygen atoms in total. The first-order valence-electron chi connectivity index (χ1n) is 1.08. The van der Waals surface area contributed by atoms with Gasteiger partial charge in [-0.2, -0.15) is 8.42 Å². The second kappa shape index (κ2) is 3.73. The minimum absolute atomic E-state index is 0. The Hall–Kier alpha value is -0.233. The molecule has 0 saturated carbocycles. The number of rotatable bonds is 1. The van der Waals surface area contributed by atoms with Crippen molar-refractivity contribution in [3.63, 3.8) is 0 Å². The molecular weight excluding hydrogens is 132 g/mol. The summed E-state index contributed by atoms with van der Waals surface area (Å²) < 4.78 is 32.0. The van der Waals surface area contributed by atoms with E-state index in [0.29, 0.717) is 6.26 Å². The fraction of sp³-hybridized carbons (Fsp3) is 0. The van der Waals surface area contributed by atoms with Crippen LogP contribution in [0.25, 0.3) is 0 Å². The predicted molar refractivity (Wildman–Crippen MR) is 22.5 cm³/mol. The molecule has 8 heavy (non-hydrogen) atoms. The van der Waals surface area contributed by atoms with E-state index in [-0.39, 0.29) is 18.9 Å². The third-order valence-corrected chi connectivity index (χ3v) is 0.410. The van der Waals surface area contributed by atoms with Crippen LogP contribution in [-0.2, 0) is 14.7 Å². The van der Waals surface area contributed by atoms with E-state index in [4.69, 9.17) is 13.7 Å². The Balaban J connectivity index is 0. The Morgan fingerprint density at radius 3 is 2.00 bits per heavy atom. The van der Waals surface area contributed by atoms with Crippen molar-refractivity contribution in [2.24, 2.45) is 0 Å². The van der Waals surface area contributed by atoms with E-state index in [0.717, 1.165) is 0 Å².